The third kappa shape index (κ3) is 2.40. The molecule has 1 nitrogen and oxygen atoms in total. The fourth-order valence-electron chi connectivity index (χ4n) is 3.03. The van der Waals surface area contributed by atoms with Crippen LogP contribution in [0.4, 0.5) is 0 Å². The Bertz CT molecular complexity index is 305. The Labute approximate surface area is 98.9 Å². The van der Waals surface area contributed by atoms with Gasteiger partial charge in [0.25, 0.3) is 0 Å². The lowest BCUT2D eigenvalue weighted by molar-refractivity contribution is 0.233. The molecule has 1 saturated carbocycles. The number of hydrogen-bond acceptors (Lipinski definition) is 1. The molecule has 0 aromatic heterocycles. The van der Waals surface area contributed by atoms with E-state index in [0.717, 1.165) is 12.2 Å². The molecule has 0 amide bonds. The summed E-state index contributed by atoms with van der Waals surface area (Å²) >= 11 is 0. The molecule has 0 atom stereocenters. The van der Waals surface area contributed by atoms with Gasteiger partial charge in [-0.05, 0) is 43.1 Å². The van der Waals surface area contributed by atoms with Gasteiger partial charge in [0.1, 0.15) is 12.4 Å². The van der Waals surface area contributed by atoms with Crippen LogP contribution >= 0.6 is 0 Å². The molecule has 1 fully saturated rings. The van der Waals surface area contributed by atoms with Crippen molar-refractivity contribution in [3.63, 3.8) is 0 Å². The van der Waals surface area contributed by atoms with Crippen LogP contribution in [0.25, 0.3) is 0 Å². The van der Waals surface area contributed by atoms with Crippen molar-refractivity contribution in [2.24, 2.45) is 5.41 Å². The largest absolute Gasteiger partial charge is 0.490 e. The van der Waals surface area contributed by atoms with Crippen molar-refractivity contribution in [2.45, 2.75) is 44.9 Å². The van der Waals surface area contributed by atoms with Gasteiger partial charge < -0.3 is 4.74 Å². The highest BCUT2D eigenvalue weighted by Crippen LogP contribution is 2.48. The molecule has 2 rings (SSSR count). The van der Waals surface area contributed by atoms with E-state index in [1.807, 2.05) is 0 Å². The quantitative estimate of drug-likeness (QED) is 0.503. The molecule has 1 heteroatoms. The molecule has 16 heavy (non-hydrogen) atoms. The van der Waals surface area contributed by atoms with Crippen molar-refractivity contribution in [1.29, 1.82) is 0 Å². The molecule has 0 N–H and O–H groups in total. The van der Waals surface area contributed by atoms with Crippen LogP contribution in [0.3, 0.4) is 0 Å². The zero-order chi connectivity index (χ0) is 11.4. The second-order valence-corrected chi connectivity index (χ2v) is 5.16. The Morgan fingerprint density at radius 2 is 2.12 bits per heavy atom. The third-order valence-electron chi connectivity index (χ3n) is 4.10. The van der Waals surface area contributed by atoms with Crippen LogP contribution < -0.4 is 0 Å². The van der Waals surface area contributed by atoms with Gasteiger partial charge >= 0.3 is 0 Å². The normalized spacial score (nSPS) is 22.9. The maximum absolute atomic E-state index is 5.50. The average molecular weight is 218 g/mol. The Balaban J connectivity index is 1.92. The number of allylic oxidation sites excluding steroid dienone is 2. The molecule has 2 aliphatic rings. The molecule has 2 aliphatic carbocycles. The van der Waals surface area contributed by atoms with Crippen LogP contribution in [0.5, 0.6) is 0 Å². The molecule has 88 valence electrons. The third-order valence-corrected chi connectivity index (χ3v) is 4.10. The molecule has 0 radical (unpaired) electrons. The molecule has 0 aliphatic heterocycles. The van der Waals surface area contributed by atoms with Crippen LogP contribution in [0.1, 0.15) is 44.9 Å². The lowest BCUT2D eigenvalue weighted by Gasteiger charge is -2.32. The minimum atomic E-state index is 0.571. The van der Waals surface area contributed by atoms with Crippen molar-refractivity contribution < 1.29 is 4.74 Å². The lowest BCUT2D eigenvalue weighted by Crippen LogP contribution is -2.19. The second-order valence-electron chi connectivity index (χ2n) is 5.16. The second kappa shape index (κ2) is 4.90. The maximum atomic E-state index is 5.50. The summed E-state index contributed by atoms with van der Waals surface area (Å²) in [6.45, 7) is 8.21. The molecule has 0 heterocycles. The van der Waals surface area contributed by atoms with E-state index < -0.39 is 0 Å². The predicted molar refractivity (Wildman–Crippen MR) is 68.1 cm³/mol. The molecule has 1 spiro atoms. The van der Waals surface area contributed by atoms with E-state index in [0.29, 0.717) is 12.0 Å². The van der Waals surface area contributed by atoms with Crippen molar-refractivity contribution >= 4 is 0 Å². The number of rotatable bonds is 4. The van der Waals surface area contributed by atoms with Crippen LogP contribution in [0.2, 0.25) is 0 Å². The van der Waals surface area contributed by atoms with Gasteiger partial charge in [0.2, 0.25) is 0 Å². The fraction of sp³-hybridized carbons (Fsp3) is 0.600. The highest BCUT2D eigenvalue weighted by Gasteiger charge is 2.35. The zero-order valence-electron chi connectivity index (χ0n) is 10.1. The zero-order valence-corrected chi connectivity index (χ0v) is 10.1. The molecule has 0 unspecified atom stereocenters. The van der Waals surface area contributed by atoms with Gasteiger partial charge in [-0.1, -0.05) is 38.2 Å². The summed E-state index contributed by atoms with van der Waals surface area (Å²) in [5, 5.41) is 0. The Hall–Kier alpha value is -0.980. The fourth-order valence-corrected chi connectivity index (χ4v) is 3.03. The van der Waals surface area contributed by atoms with Crippen LogP contribution in [0, 0.1) is 5.41 Å². The van der Waals surface area contributed by atoms with Crippen molar-refractivity contribution in [1.82, 2.24) is 0 Å². The minimum Gasteiger partial charge on any atom is -0.490 e. The van der Waals surface area contributed by atoms with Crippen molar-refractivity contribution in [2.75, 3.05) is 6.61 Å². The van der Waals surface area contributed by atoms with Gasteiger partial charge in [0.15, 0.2) is 0 Å². The van der Waals surface area contributed by atoms with E-state index >= 15 is 0 Å². The summed E-state index contributed by atoms with van der Waals surface area (Å²) in [7, 11) is 0. The van der Waals surface area contributed by atoms with E-state index in [2.05, 4.69) is 19.2 Å². The highest BCUT2D eigenvalue weighted by molar-refractivity contribution is 5.26. The number of ether oxygens (including phenoxy) is 1. The SMILES string of the molecule is C=CCOC(=C)C1=CCC2(CCCC2)CC1. The monoisotopic (exact) mass is 218 g/mol. The van der Waals surface area contributed by atoms with Crippen LogP contribution in [0.15, 0.2) is 36.6 Å². The highest BCUT2D eigenvalue weighted by atomic mass is 16.5. The first-order chi connectivity index (χ1) is 7.76. The van der Waals surface area contributed by atoms with E-state index in [9.17, 15) is 0 Å². The van der Waals surface area contributed by atoms with E-state index in [1.54, 1.807) is 6.08 Å². The smallest absolute Gasteiger partial charge is 0.115 e. The summed E-state index contributed by atoms with van der Waals surface area (Å²) in [6.07, 6.45) is 13.6. The van der Waals surface area contributed by atoms with Gasteiger partial charge in [0, 0.05) is 0 Å². The van der Waals surface area contributed by atoms with E-state index in [-0.39, 0.29) is 0 Å². The first kappa shape index (κ1) is 11.5. The summed E-state index contributed by atoms with van der Waals surface area (Å²) < 4.78 is 5.50. The predicted octanol–water partition coefficient (Wildman–Crippen LogP) is 4.37. The lowest BCUT2D eigenvalue weighted by atomic mass is 9.73. The van der Waals surface area contributed by atoms with Crippen LogP contribution in [-0.4, -0.2) is 6.61 Å². The van der Waals surface area contributed by atoms with Crippen molar-refractivity contribution in [3.05, 3.63) is 36.6 Å². The molecule has 0 bridgehead atoms. The Morgan fingerprint density at radius 3 is 2.69 bits per heavy atom. The average Bonchev–Trinajstić information content (AvgIpc) is 2.75. The summed E-state index contributed by atoms with van der Waals surface area (Å²) in [5.74, 6) is 0.854. The number of hydrogen-bond donors (Lipinski definition) is 0. The Morgan fingerprint density at radius 1 is 1.38 bits per heavy atom. The topological polar surface area (TPSA) is 9.23 Å². The van der Waals surface area contributed by atoms with Gasteiger partial charge in [-0.3, -0.25) is 0 Å². The van der Waals surface area contributed by atoms with Gasteiger partial charge in [-0.15, -0.1) is 0 Å². The summed E-state index contributed by atoms with van der Waals surface area (Å²) in [4.78, 5) is 0. The standard InChI is InChI=1S/C15H22O/c1-3-12-16-13(2)14-6-10-15(11-7-14)8-4-5-9-15/h3,6H,1-2,4-5,7-12H2. The molecule has 0 aromatic rings. The van der Waals surface area contributed by atoms with Crippen molar-refractivity contribution in [3.8, 4) is 0 Å². The molecular weight excluding hydrogens is 196 g/mol. The summed E-state index contributed by atoms with van der Waals surface area (Å²) in [6, 6.07) is 0. The first-order valence-electron chi connectivity index (χ1n) is 6.38. The first-order valence-corrected chi connectivity index (χ1v) is 6.38. The molecule has 0 aromatic carbocycles. The van der Waals surface area contributed by atoms with E-state index in [1.165, 1.54) is 44.1 Å². The maximum Gasteiger partial charge on any atom is 0.115 e. The van der Waals surface area contributed by atoms with Gasteiger partial charge in [-0.2, -0.15) is 0 Å². The van der Waals surface area contributed by atoms with E-state index in [4.69, 9.17) is 4.74 Å². The Kier molecular flexibility index (Phi) is 3.52. The summed E-state index contributed by atoms with van der Waals surface area (Å²) in [5.41, 5.74) is 1.96. The van der Waals surface area contributed by atoms with Crippen LogP contribution in [-0.2, 0) is 4.74 Å². The van der Waals surface area contributed by atoms with Gasteiger partial charge in [-0.25, -0.2) is 0 Å². The minimum absolute atomic E-state index is 0.571. The molecule has 0 saturated heterocycles. The van der Waals surface area contributed by atoms with Gasteiger partial charge in [0.05, 0.1) is 0 Å². The molecular formula is C15H22O.